The minimum atomic E-state index is -1.26. The number of H-pyrrole nitrogens is 1. The molecule has 0 bridgehead atoms. The summed E-state index contributed by atoms with van der Waals surface area (Å²) in [6, 6.07) is 11.7. The number of thiophene rings is 1. The van der Waals surface area contributed by atoms with Crippen molar-refractivity contribution < 1.29 is 14.7 Å². The molecule has 0 aliphatic rings. The Morgan fingerprint density at radius 2 is 2.04 bits per heavy atom. The van der Waals surface area contributed by atoms with E-state index in [1.165, 1.54) is 4.88 Å². The van der Waals surface area contributed by atoms with Crippen LogP contribution in [0.5, 0.6) is 0 Å². The Morgan fingerprint density at radius 3 is 2.77 bits per heavy atom. The maximum Gasteiger partial charge on any atom is 0.405 e. The van der Waals surface area contributed by atoms with Crippen molar-refractivity contribution in [1.29, 1.82) is 0 Å². The second-order valence-electron chi connectivity index (χ2n) is 6.38. The summed E-state index contributed by atoms with van der Waals surface area (Å²) in [7, 11) is 0. The first kappa shape index (κ1) is 18.0. The predicted octanol–water partition coefficient (Wildman–Crippen LogP) is 3.16. The van der Waals surface area contributed by atoms with Gasteiger partial charge in [-0.25, -0.2) is 4.79 Å². The van der Waals surface area contributed by atoms with Crippen LogP contribution in [0.3, 0.4) is 0 Å². The van der Waals surface area contributed by atoms with Crippen LogP contribution in [-0.4, -0.2) is 34.2 Å². The van der Waals surface area contributed by atoms with Crippen LogP contribution in [0.2, 0.25) is 0 Å². The highest BCUT2D eigenvalue weighted by Gasteiger charge is 2.35. The molecule has 3 aromatic rings. The number of fused-ring (bicyclic) bond motifs is 1. The van der Waals surface area contributed by atoms with Gasteiger partial charge in [-0.3, -0.25) is 4.79 Å². The number of rotatable bonds is 7. The molecule has 7 heteroatoms. The summed E-state index contributed by atoms with van der Waals surface area (Å²) in [5.74, 6) is -0.332. The standard InChI is InChI=1S/C19H21N3O3S/c1-19(22-18(24)25,17(23)20-9-8-14-5-4-10-26-14)11-13-12-21-16-7-3-2-6-15(13)16/h2-7,10,12,21-22H,8-9,11H2,1H3,(H,20,23)(H,24,25). The fraction of sp³-hybridized carbons (Fsp3) is 0.263. The molecule has 4 N–H and O–H groups in total. The molecule has 1 unspecified atom stereocenters. The normalized spacial score (nSPS) is 13.3. The fourth-order valence-corrected chi connectivity index (χ4v) is 3.73. The average Bonchev–Trinajstić information content (AvgIpc) is 3.24. The summed E-state index contributed by atoms with van der Waals surface area (Å²) >= 11 is 1.63. The number of carbonyl (C=O) groups is 2. The number of hydrogen-bond donors (Lipinski definition) is 4. The molecule has 0 fully saturated rings. The zero-order valence-electron chi connectivity index (χ0n) is 14.4. The van der Waals surface area contributed by atoms with E-state index in [9.17, 15) is 14.7 Å². The summed E-state index contributed by atoms with van der Waals surface area (Å²) in [6.07, 6.45) is 1.58. The molecule has 3 rings (SSSR count). The number of para-hydroxylation sites is 1. The van der Waals surface area contributed by atoms with E-state index < -0.39 is 11.6 Å². The molecule has 1 atom stereocenters. The Balaban J connectivity index is 1.74. The van der Waals surface area contributed by atoms with Crippen molar-refractivity contribution in [3.63, 3.8) is 0 Å². The third-order valence-corrected chi connectivity index (χ3v) is 5.28. The number of carboxylic acid groups (broad SMARTS) is 1. The summed E-state index contributed by atoms with van der Waals surface area (Å²) in [6.45, 7) is 2.08. The SMILES string of the molecule is CC(Cc1c[nH]c2ccccc12)(NC(=O)O)C(=O)NCCc1cccs1. The van der Waals surface area contributed by atoms with E-state index in [1.54, 1.807) is 18.3 Å². The van der Waals surface area contributed by atoms with Gasteiger partial charge in [-0.05, 0) is 36.4 Å². The monoisotopic (exact) mass is 371 g/mol. The topological polar surface area (TPSA) is 94.2 Å². The Hall–Kier alpha value is -2.80. The molecular weight excluding hydrogens is 350 g/mol. The van der Waals surface area contributed by atoms with Gasteiger partial charge in [0.05, 0.1) is 0 Å². The number of benzene rings is 1. The third kappa shape index (κ3) is 4.05. The van der Waals surface area contributed by atoms with Crippen molar-refractivity contribution in [3.05, 3.63) is 58.4 Å². The van der Waals surface area contributed by atoms with Crippen LogP contribution in [0.1, 0.15) is 17.4 Å². The number of amides is 2. The smallest absolute Gasteiger partial charge is 0.405 e. The molecule has 0 radical (unpaired) electrons. The molecule has 2 heterocycles. The number of aromatic nitrogens is 1. The van der Waals surface area contributed by atoms with Gasteiger partial charge in [0.1, 0.15) is 5.54 Å². The molecule has 0 saturated carbocycles. The summed E-state index contributed by atoms with van der Waals surface area (Å²) in [5.41, 5.74) is 0.593. The van der Waals surface area contributed by atoms with Gasteiger partial charge in [0.15, 0.2) is 0 Å². The zero-order chi connectivity index (χ0) is 18.6. The average molecular weight is 371 g/mol. The van der Waals surface area contributed by atoms with Gasteiger partial charge in [0, 0.05) is 34.9 Å². The fourth-order valence-electron chi connectivity index (χ4n) is 3.03. The van der Waals surface area contributed by atoms with Crippen molar-refractivity contribution in [2.24, 2.45) is 0 Å². The molecule has 0 saturated heterocycles. The van der Waals surface area contributed by atoms with E-state index in [0.717, 1.165) is 22.9 Å². The van der Waals surface area contributed by atoms with E-state index in [4.69, 9.17) is 0 Å². The van der Waals surface area contributed by atoms with Gasteiger partial charge in [-0.15, -0.1) is 11.3 Å². The van der Waals surface area contributed by atoms with Gasteiger partial charge >= 0.3 is 6.09 Å². The second kappa shape index (κ2) is 7.61. The molecule has 2 aromatic heterocycles. The Bertz CT molecular complexity index is 904. The first-order chi connectivity index (χ1) is 12.5. The van der Waals surface area contributed by atoms with Crippen LogP contribution < -0.4 is 10.6 Å². The quantitative estimate of drug-likeness (QED) is 0.514. The molecule has 26 heavy (non-hydrogen) atoms. The van der Waals surface area contributed by atoms with Gasteiger partial charge in [-0.2, -0.15) is 0 Å². The highest BCUT2D eigenvalue weighted by atomic mass is 32.1. The number of nitrogens with one attached hydrogen (secondary N) is 3. The van der Waals surface area contributed by atoms with E-state index in [2.05, 4.69) is 15.6 Å². The van der Waals surface area contributed by atoms with Gasteiger partial charge in [-0.1, -0.05) is 24.3 Å². The molecule has 1 aromatic carbocycles. The minimum Gasteiger partial charge on any atom is -0.465 e. The molecule has 2 amide bonds. The number of hydrogen-bond acceptors (Lipinski definition) is 3. The van der Waals surface area contributed by atoms with Crippen LogP contribution in [0.15, 0.2) is 48.0 Å². The Morgan fingerprint density at radius 1 is 1.23 bits per heavy atom. The Labute approximate surface area is 155 Å². The van der Waals surface area contributed by atoms with Crippen molar-refractivity contribution >= 4 is 34.2 Å². The summed E-state index contributed by atoms with van der Waals surface area (Å²) in [4.78, 5) is 28.4. The van der Waals surface area contributed by atoms with Gasteiger partial charge < -0.3 is 20.7 Å². The third-order valence-electron chi connectivity index (χ3n) is 4.34. The first-order valence-corrected chi connectivity index (χ1v) is 9.23. The predicted molar refractivity (Wildman–Crippen MR) is 103 cm³/mol. The lowest BCUT2D eigenvalue weighted by Gasteiger charge is -2.28. The zero-order valence-corrected chi connectivity index (χ0v) is 15.2. The second-order valence-corrected chi connectivity index (χ2v) is 7.42. The molecule has 0 aliphatic heterocycles. The molecule has 6 nitrogen and oxygen atoms in total. The summed E-state index contributed by atoms with van der Waals surface area (Å²) in [5, 5.41) is 17.4. The van der Waals surface area contributed by atoms with Crippen molar-refractivity contribution in [2.45, 2.75) is 25.3 Å². The van der Waals surface area contributed by atoms with Crippen LogP contribution in [0, 0.1) is 0 Å². The van der Waals surface area contributed by atoms with E-state index in [1.807, 2.05) is 48.0 Å². The Kier molecular flexibility index (Phi) is 5.27. The van der Waals surface area contributed by atoms with Crippen LogP contribution in [0.25, 0.3) is 10.9 Å². The summed E-state index contributed by atoms with van der Waals surface area (Å²) < 4.78 is 0. The van der Waals surface area contributed by atoms with E-state index in [0.29, 0.717) is 6.54 Å². The molecular formula is C19H21N3O3S. The molecule has 136 valence electrons. The van der Waals surface area contributed by atoms with Gasteiger partial charge in [0.2, 0.25) is 5.91 Å². The van der Waals surface area contributed by atoms with Crippen LogP contribution in [0.4, 0.5) is 4.79 Å². The minimum absolute atomic E-state index is 0.258. The lowest BCUT2D eigenvalue weighted by molar-refractivity contribution is -0.126. The van der Waals surface area contributed by atoms with E-state index >= 15 is 0 Å². The molecule has 0 aliphatic carbocycles. The highest BCUT2D eigenvalue weighted by molar-refractivity contribution is 7.09. The van der Waals surface area contributed by atoms with Crippen molar-refractivity contribution in [3.8, 4) is 0 Å². The lowest BCUT2D eigenvalue weighted by Crippen LogP contribution is -2.58. The first-order valence-electron chi connectivity index (χ1n) is 8.35. The maximum absolute atomic E-state index is 12.7. The maximum atomic E-state index is 12.7. The number of aromatic amines is 1. The lowest BCUT2D eigenvalue weighted by atomic mass is 9.91. The van der Waals surface area contributed by atoms with Crippen LogP contribution >= 0.6 is 11.3 Å². The van der Waals surface area contributed by atoms with E-state index in [-0.39, 0.29) is 12.3 Å². The molecule has 0 spiro atoms. The highest BCUT2D eigenvalue weighted by Crippen LogP contribution is 2.23. The van der Waals surface area contributed by atoms with Crippen LogP contribution in [-0.2, 0) is 17.6 Å². The van der Waals surface area contributed by atoms with Crippen molar-refractivity contribution in [1.82, 2.24) is 15.6 Å². The van der Waals surface area contributed by atoms with Gasteiger partial charge in [0.25, 0.3) is 0 Å². The number of carbonyl (C=O) groups excluding carboxylic acids is 1. The van der Waals surface area contributed by atoms with Crippen molar-refractivity contribution in [2.75, 3.05) is 6.54 Å². The largest absolute Gasteiger partial charge is 0.465 e.